The van der Waals surface area contributed by atoms with Crippen molar-refractivity contribution < 1.29 is 18.9 Å². The first-order chi connectivity index (χ1) is 18.0. The fourth-order valence-corrected chi connectivity index (χ4v) is 4.77. The van der Waals surface area contributed by atoms with Crippen LogP contribution in [0.4, 0.5) is 0 Å². The number of Topliss-reactive ketones (excluding diaryl/α,β-unsaturated/α-hetero) is 1. The highest BCUT2D eigenvalue weighted by molar-refractivity contribution is 6.47. The number of ketones is 1. The van der Waals surface area contributed by atoms with Crippen molar-refractivity contribution in [2.45, 2.75) is 64.2 Å². The molecule has 0 bridgehead atoms. The Labute approximate surface area is 221 Å². The van der Waals surface area contributed by atoms with Gasteiger partial charge in [-0.3, -0.25) is 14.6 Å². The van der Waals surface area contributed by atoms with Gasteiger partial charge < -0.3 is 19.9 Å². The molecule has 1 saturated heterocycles. The van der Waals surface area contributed by atoms with Crippen LogP contribution in [0.5, 0.6) is 0 Å². The molecule has 2 heterocycles. The van der Waals surface area contributed by atoms with Gasteiger partial charge in [-0.2, -0.15) is 0 Å². The van der Waals surface area contributed by atoms with Crippen LogP contribution >= 0.6 is 0 Å². The van der Waals surface area contributed by atoms with E-state index >= 15 is 0 Å². The van der Waals surface area contributed by atoms with Gasteiger partial charge in [0, 0.05) is 43.8 Å². The SMILES string of the molecule is CNCCCCC1COB([C@@H](CC(=O)[C@H](Cc2ccccc2)NC(=O)c2cnccn2)CC(C)C)OC1. The maximum Gasteiger partial charge on any atom is 0.460 e. The molecule has 1 aromatic carbocycles. The van der Waals surface area contributed by atoms with Crippen molar-refractivity contribution in [3.63, 3.8) is 0 Å². The van der Waals surface area contributed by atoms with Crippen molar-refractivity contribution in [1.82, 2.24) is 20.6 Å². The molecule has 2 aromatic rings. The molecule has 0 unspecified atom stereocenters. The minimum absolute atomic E-state index is 0.0341. The first-order valence-corrected chi connectivity index (χ1v) is 13.5. The van der Waals surface area contributed by atoms with E-state index in [4.69, 9.17) is 9.31 Å². The number of carbonyl (C=O) groups excluding carboxylic acids is 2. The number of rotatable bonds is 15. The van der Waals surface area contributed by atoms with Crippen LogP contribution in [-0.4, -0.2) is 61.6 Å². The zero-order valence-electron chi connectivity index (χ0n) is 22.4. The topological polar surface area (TPSA) is 102 Å². The highest BCUT2D eigenvalue weighted by Gasteiger charge is 2.38. The average molecular weight is 508 g/mol. The van der Waals surface area contributed by atoms with Crippen LogP contribution in [0.25, 0.3) is 0 Å². The lowest BCUT2D eigenvalue weighted by atomic mass is 9.64. The van der Waals surface area contributed by atoms with Gasteiger partial charge in [0.15, 0.2) is 5.78 Å². The Morgan fingerprint density at radius 1 is 1.11 bits per heavy atom. The third kappa shape index (κ3) is 9.99. The molecule has 3 rings (SSSR count). The third-order valence-corrected chi connectivity index (χ3v) is 6.68. The normalized spacial score (nSPS) is 15.9. The summed E-state index contributed by atoms with van der Waals surface area (Å²) in [6.07, 6.45) is 9.22. The van der Waals surface area contributed by atoms with Crippen molar-refractivity contribution in [3.05, 3.63) is 60.2 Å². The van der Waals surface area contributed by atoms with Crippen molar-refractivity contribution >= 4 is 18.8 Å². The quantitative estimate of drug-likeness (QED) is 0.279. The smallest absolute Gasteiger partial charge is 0.411 e. The summed E-state index contributed by atoms with van der Waals surface area (Å²) in [6.45, 7) is 6.62. The van der Waals surface area contributed by atoms with Crippen molar-refractivity contribution in [1.29, 1.82) is 0 Å². The van der Waals surface area contributed by atoms with Crippen molar-refractivity contribution in [2.75, 3.05) is 26.8 Å². The number of aromatic nitrogens is 2. The van der Waals surface area contributed by atoms with Crippen molar-refractivity contribution in [3.8, 4) is 0 Å². The molecule has 2 atom stereocenters. The van der Waals surface area contributed by atoms with E-state index < -0.39 is 19.1 Å². The van der Waals surface area contributed by atoms with Crippen LogP contribution in [0.15, 0.2) is 48.9 Å². The zero-order valence-corrected chi connectivity index (χ0v) is 22.4. The molecule has 37 heavy (non-hydrogen) atoms. The van der Waals surface area contributed by atoms with E-state index in [1.54, 1.807) is 0 Å². The predicted octanol–water partition coefficient (Wildman–Crippen LogP) is 3.73. The summed E-state index contributed by atoms with van der Waals surface area (Å²) in [5.41, 5.74) is 1.17. The Bertz CT molecular complexity index is 940. The van der Waals surface area contributed by atoms with E-state index in [-0.39, 0.29) is 23.7 Å². The van der Waals surface area contributed by atoms with Gasteiger partial charge in [-0.1, -0.05) is 50.6 Å². The van der Waals surface area contributed by atoms with Gasteiger partial charge in [0.25, 0.3) is 5.91 Å². The molecule has 0 aliphatic carbocycles. The molecule has 2 N–H and O–H groups in total. The van der Waals surface area contributed by atoms with E-state index in [0.717, 1.165) is 37.8 Å². The summed E-state index contributed by atoms with van der Waals surface area (Å²) in [5, 5.41) is 6.09. The second-order valence-corrected chi connectivity index (χ2v) is 10.4. The largest absolute Gasteiger partial charge is 0.460 e. The number of amides is 1. The van der Waals surface area contributed by atoms with Crippen LogP contribution in [0, 0.1) is 11.8 Å². The summed E-state index contributed by atoms with van der Waals surface area (Å²) >= 11 is 0. The molecule has 8 nitrogen and oxygen atoms in total. The van der Waals surface area contributed by atoms with Crippen LogP contribution in [0.3, 0.4) is 0 Å². The van der Waals surface area contributed by atoms with E-state index in [1.807, 2.05) is 37.4 Å². The van der Waals surface area contributed by atoms with Gasteiger partial charge in [-0.25, -0.2) is 4.98 Å². The molecular weight excluding hydrogens is 467 g/mol. The number of hydrogen-bond acceptors (Lipinski definition) is 7. The van der Waals surface area contributed by atoms with Gasteiger partial charge in [0.05, 0.1) is 12.2 Å². The fourth-order valence-electron chi connectivity index (χ4n) is 4.77. The molecule has 9 heteroatoms. The highest BCUT2D eigenvalue weighted by Crippen LogP contribution is 2.30. The molecule has 1 aliphatic heterocycles. The van der Waals surface area contributed by atoms with E-state index in [0.29, 0.717) is 31.5 Å². The van der Waals surface area contributed by atoms with Gasteiger partial charge in [0.2, 0.25) is 0 Å². The second kappa shape index (κ2) is 15.6. The number of carbonyl (C=O) groups is 2. The molecule has 1 fully saturated rings. The van der Waals surface area contributed by atoms with E-state index in [1.165, 1.54) is 18.6 Å². The van der Waals surface area contributed by atoms with Gasteiger partial charge >= 0.3 is 7.12 Å². The summed E-state index contributed by atoms with van der Waals surface area (Å²) < 4.78 is 12.3. The molecule has 0 radical (unpaired) electrons. The highest BCUT2D eigenvalue weighted by atomic mass is 16.6. The molecule has 1 aromatic heterocycles. The monoisotopic (exact) mass is 508 g/mol. The van der Waals surface area contributed by atoms with Crippen LogP contribution in [-0.2, 0) is 20.5 Å². The Balaban J connectivity index is 1.65. The molecule has 0 saturated carbocycles. The lowest BCUT2D eigenvalue weighted by Crippen LogP contribution is -2.45. The zero-order chi connectivity index (χ0) is 26.5. The molecule has 200 valence electrons. The second-order valence-electron chi connectivity index (χ2n) is 10.4. The average Bonchev–Trinajstić information content (AvgIpc) is 2.91. The maximum atomic E-state index is 13.6. The summed E-state index contributed by atoms with van der Waals surface area (Å²) in [4.78, 5) is 34.6. The Morgan fingerprint density at radius 3 is 2.51 bits per heavy atom. The minimum Gasteiger partial charge on any atom is -0.411 e. The number of unbranched alkanes of at least 4 members (excludes halogenated alkanes) is 1. The van der Waals surface area contributed by atoms with E-state index in [9.17, 15) is 9.59 Å². The fraction of sp³-hybridized carbons (Fsp3) is 0.571. The lowest BCUT2D eigenvalue weighted by molar-refractivity contribution is -0.121. The Morgan fingerprint density at radius 2 is 1.86 bits per heavy atom. The lowest BCUT2D eigenvalue weighted by Gasteiger charge is -2.32. The standard InChI is InChI=1S/C28H41BN4O4/c1-21(2)15-24(29-36-19-23(20-37-29)11-7-8-12-30-3)17-27(34)25(16-22-9-5-4-6-10-22)33-28(35)26-18-31-13-14-32-26/h4-6,9-10,13-14,18,21,23-25,30H,7-8,11-12,15-17,19-20H2,1-3H3,(H,33,35)/t24-,25+/m1/s1. The third-order valence-electron chi connectivity index (χ3n) is 6.68. The summed E-state index contributed by atoms with van der Waals surface area (Å²) in [5.74, 6) is 0.248. The minimum atomic E-state index is -0.685. The van der Waals surface area contributed by atoms with Crippen LogP contribution < -0.4 is 10.6 Å². The van der Waals surface area contributed by atoms with Crippen LogP contribution in [0.1, 0.15) is 62.0 Å². The van der Waals surface area contributed by atoms with Gasteiger partial charge in [-0.05, 0) is 50.8 Å². The predicted molar refractivity (Wildman–Crippen MR) is 145 cm³/mol. The first-order valence-electron chi connectivity index (χ1n) is 13.5. The van der Waals surface area contributed by atoms with Crippen LogP contribution in [0.2, 0.25) is 5.82 Å². The molecular formula is C28H41BN4O4. The van der Waals surface area contributed by atoms with Gasteiger partial charge in [-0.15, -0.1) is 0 Å². The first kappa shape index (κ1) is 28.9. The molecule has 0 spiro atoms. The Kier molecular flexibility index (Phi) is 12.2. The number of nitrogens with one attached hydrogen (secondary N) is 2. The number of hydrogen-bond donors (Lipinski definition) is 2. The molecule has 1 aliphatic rings. The van der Waals surface area contributed by atoms with Crippen molar-refractivity contribution in [2.24, 2.45) is 11.8 Å². The summed E-state index contributed by atoms with van der Waals surface area (Å²) in [6, 6.07) is 9.04. The van der Waals surface area contributed by atoms with E-state index in [2.05, 4.69) is 34.4 Å². The summed E-state index contributed by atoms with van der Waals surface area (Å²) in [7, 11) is 1.56. The number of nitrogens with zero attached hydrogens (tertiary/aromatic N) is 2. The Hall–Kier alpha value is -2.62. The van der Waals surface area contributed by atoms with Gasteiger partial charge in [0.1, 0.15) is 5.69 Å². The maximum absolute atomic E-state index is 13.6. The molecule has 1 amide bonds. The number of benzene rings is 1.